The number of rotatable bonds is 2. The Morgan fingerprint density at radius 1 is 1.33 bits per heavy atom. The number of nitrogen functional groups attached to an aromatic ring is 1. The van der Waals surface area contributed by atoms with Crippen LogP contribution in [0.3, 0.4) is 0 Å². The van der Waals surface area contributed by atoms with Crippen molar-refractivity contribution in [3.63, 3.8) is 0 Å². The summed E-state index contributed by atoms with van der Waals surface area (Å²) in [5, 5.41) is 0.785. The molecule has 1 saturated heterocycles. The van der Waals surface area contributed by atoms with Gasteiger partial charge in [0.1, 0.15) is 0 Å². The van der Waals surface area contributed by atoms with E-state index in [0.29, 0.717) is 6.04 Å². The first-order valence-corrected chi connectivity index (χ1v) is 7.13. The lowest BCUT2D eigenvalue weighted by atomic mass is 9.85. The van der Waals surface area contributed by atoms with Gasteiger partial charge in [-0.05, 0) is 37.3 Å². The van der Waals surface area contributed by atoms with Crippen molar-refractivity contribution in [2.75, 3.05) is 12.3 Å². The standard InChI is InChI=1S/C15H23ClN2/c1-10-7-11(2)12(3)18(8-10)9-13-14(16)5-4-6-15(13)17/h4-6,10-12H,7-9,17H2,1-3H3. The van der Waals surface area contributed by atoms with Crippen LogP contribution in [-0.2, 0) is 6.54 Å². The van der Waals surface area contributed by atoms with Crippen LogP contribution in [0.15, 0.2) is 18.2 Å². The van der Waals surface area contributed by atoms with Gasteiger partial charge in [0.15, 0.2) is 0 Å². The minimum atomic E-state index is 0.594. The molecule has 0 amide bonds. The molecule has 18 heavy (non-hydrogen) atoms. The van der Waals surface area contributed by atoms with Crippen LogP contribution < -0.4 is 5.73 Å². The summed E-state index contributed by atoms with van der Waals surface area (Å²) in [7, 11) is 0. The zero-order valence-electron chi connectivity index (χ0n) is 11.5. The van der Waals surface area contributed by atoms with Crippen molar-refractivity contribution < 1.29 is 0 Å². The highest BCUT2D eigenvalue weighted by atomic mass is 35.5. The minimum absolute atomic E-state index is 0.594. The van der Waals surface area contributed by atoms with Gasteiger partial charge in [0.05, 0.1) is 0 Å². The van der Waals surface area contributed by atoms with Gasteiger partial charge < -0.3 is 5.73 Å². The van der Waals surface area contributed by atoms with Gasteiger partial charge in [0, 0.05) is 35.4 Å². The van der Waals surface area contributed by atoms with E-state index in [1.807, 2.05) is 18.2 Å². The van der Waals surface area contributed by atoms with E-state index in [4.69, 9.17) is 17.3 Å². The van der Waals surface area contributed by atoms with Gasteiger partial charge >= 0.3 is 0 Å². The van der Waals surface area contributed by atoms with Crippen LogP contribution in [0.1, 0.15) is 32.8 Å². The van der Waals surface area contributed by atoms with Gasteiger partial charge in [-0.1, -0.05) is 31.5 Å². The Kier molecular flexibility index (Phi) is 4.18. The van der Waals surface area contributed by atoms with Crippen molar-refractivity contribution in [3.05, 3.63) is 28.8 Å². The molecule has 3 unspecified atom stereocenters. The fraction of sp³-hybridized carbons (Fsp3) is 0.600. The van der Waals surface area contributed by atoms with Gasteiger partial charge in [0.25, 0.3) is 0 Å². The average Bonchev–Trinajstić information content (AvgIpc) is 2.30. The number of anilines is 1. The van der Waals surface area contributed by atoms with E-state index in [0.717, 1.165) is 41.2 Å². The molecule has 2 nitrogen and oxygen atoms in total. The molecule has 2 rings (SSSR count). The van der Waals surface area contributed by atoms with E-state index < -0.39 is 0 Å². The highest BCUT2D eigenvalue weighted by Gasteiger charge is 2.29. The molecule has 100 valence electrons. The van der Waals surface area contributed by atoms with E-state index in [2.05, 4.69) is 25.7 Å². The quantitative estimate of drug-likeness (QED) is 0.826. The average molecular weight is 267 g/mol. The molecule has 2 N–H and O–H groups in total. The maximum absolute atomic E-state index is 6.26. The Morgan fingerprint density at radius 3 is 2.72 bits per heavy atom. The molecule has 0 saturated carbocycles. The molecule has 1 aromatic carbocycles. The van der Waals surface area contributed by atoms with E-state index >= 15 is 0 Å². The molecule has 0 radical (unpaired) electrons. The Hall–Kier alpha value is -0.730. The van der Waals surface area contributed by atoms with Gasteiger partial charge in [0.2, 0.25) is 0 Å². The van der Waals surface area contributed by atoms with Gasteiger partial charge in [-0.3, -0.25) is 4.90 Å². The monoisotopic (exact) mass is 266 g/mol. The highest BCUT2D eigenvalue weighted by Crippen LogP contribution is 2.31. The van der Waals surface area contributed by atoms with E-state index in [-0.39, 0.29) is 0 Å². The summed E-state index contributed by atoms with van der Waals surface area (Å²) in [6, 6.07) is 6.36. The molecule has 1 aromatic rings. The van der Waals surface area contributed by atoms with Crippen LogP contribution in [-0.4, -0.2) is 17.5 Å². The first-order valence-electron chi connectivity index (χ1n) is 6.76. The topological polar surface area (TPSA) is 29.3 Å². The Balaban J connectivity index is 2.17. The zero-order chi connectivity index (χ0) is 13.3. The summed E-state index contributed by atoms with van der Waals surface area (Å²) in [6.07, 6.45) is 1.32. The summed E-state index contributed by atoms with van der Waals surface area (Å²) in [5.74, 6) is 1.48. The molecule has 0 aromatic heterocycles. The zero-order valence-corrected chi connectivity index (χ0v) is 12.2. The highest BCUT2D eigenvalue weighted by molar-refractivity contribution is 6.31. The van der Waals surface area contributed by atoms with Crippen molar-refractivity contribution in [1.29, 1.82) is 0 Å². The smallest absolute Gasteiger partial charge is 0.0471 e. The fourth-order valence-corrected chi connectivity index (χ4v) is 3.23. The molecule has 1 aliphatic rings. The largest absolute Gasteiger partial charge is 0.398 e. The van der Waals surface area contributed by atoms with Crippen molar-refractivity contribution in [2.24, 2.45) is 11.8 Å². The lowest BCUT2D eigenvalue weighted by Crippen LogP contribution is -2.45. The SMILES string of the molecule is CC1CC(C)C(C)N(Cc2c(N)cccc2Cl)C1. The molecule has 1 heterocycles. The van der Waals surface area contributed by atoms with E-state index in [1.165, 1.54) is 6.42 Å². The molecular weight excluding hydrogens is 244 g/mol. The Morgan fingerprint density at radius 2 is 2.06 bits per heavy atom. The molecule has 1 aliphatic heterocycles. The normalized spacial score (nSPS) is 29.4. The number of nitrogens with zero attached hydrogens (tertiary/aromatic N) is 1. The predicted molar refractivity (Wildman–Crippen MR) is 78.7 cm³/mol. The molecule has 1 fully saturated rings. The molecule has 0 spiro atoms. The van der Waals surface area contributed by atoms with E-state index in [1.54, 1.807) is 0 Å². The number of nitrogens with two attached hydrogens (primary N) is 1. The lowest BCUT2D eigenvalue weighted by Gasteiger charge is -2.41. The van der Waals surface area contributed by atoms with Gasteiger partial charge in [-0.15, -0.1) is 0 Å². The molecule has 0 aliphatic carbocycles. The maximum Gasteiger partial charge on any atom is 0.0471 e. The summed E-state index contributed by atoms with van der Waals surface area (Å²) >= 11 is 6.26. The molecule has 3 atom stereocenters. The summed E-state index contributed by atoms with van der Waals surface area (Å²) in [5.41, 5.74) is 7.92. The minimum Gasteiger partial charge on any atom is -0.398 e. The first kappa shape index (κ1) is 13.7. The van der Waals surface area contributed by atoms with Crippen LogP contribution in [0.5, 0.6) is 0 Å². The maximum atomic E-state index is 6.26. The van der Waals surface area contributed by atoms with Crippen LogP contribution >= 0.6 is 11.6 Å². The second kappa shape index (κ2) is 5.50. The van der Waals surface area contributed by atoms with Crippen LogP contribution in [0.4, 0.5) is 5.69 Å². The van der Waals surface area contributed by atoms with Crippen LogP contribution in [0.25, 0.3) is 0 Å². The summed E-state index contributed by atoms with van der Waals surface area (Å²) in [6.45, 7) is 8.97. The van der Waals surface area contributed by atoms with Crippen molar-refractivity contribution in [3.8, 4) is 0 Å². The second-order valence-corrected chi connectivity index (χ2v) is 6.20. The number of hydrogen-bond donors (Lipinski definition) is 1. The molecule has 3 heteroatoms. The third-order valence-corrected chi connectivity index (χ3v) is 4.59. The third-order valence-electron chi connectivity index (χ3n) is 4.24. The Bertz CT molecular complexity index is 399. The first-order chi connectivity index (χ1) is 8.49. The van der Waals surface area contributed by atoms with Gasteiger partial charge in [-0.25, -0.2) is 0 Å². The Labute approximate surface area is 115 Å². The number of likely N-dealkylation sites (tertiary alicyclic amines) is 1. The number of piperidine rings is 1. The number of halogens is 1. The molecular formula is C15H23ClN2. The summed E-state index contributed by atoms with van der Waals surface area (Å²) < 4.78 is 0. The van der Waals surface area contributed by atoms with Crippen LogP contribution in [0, 0.1) is 11.8 Å². The number of benzene rings is 1. The third kappa shape index (κ3) is 2.81. The predicted octanol–water partition coefficient (Wildman–Crippen LogP) is 3.79. The van der Waals surface area contributed by atoms with Crippen molar-refractivity contribution >= 4 is 17.3 Å². The van der Waals surface area contributed by atoms with Crippen molar-refractivity contribution in [2.45, 2.75) is 39.8 Å². The van der Waals surface area contributed by atoms with E-state index in [9.17, 15) is 0 Å². The van der Waals surface area contributed by atoms with Crippen molar-refractivity contribution in [1.82, 2.24) is 4.90 Å². The number of hydrogen-bond acceptors (Lipinski definition) is 2. The second-order valence-electron chi connectivity index (χ2n) is 5.80. The fourth-order valence-electron chi connectivity index (χ4n) is 2.99. The lowest BCUT2D eigenvalue weighted by molar-refractivity contribution is 0.0732. The molecule has 0 bridgehead atoms. The van der Waals surface area contributed by atoms with Gasteiger partial charge in [-0.2, -0.15) is 0 Å². The van der Waals surface area contributed by atoms with Crippen LogP contribution in [0.2, 0.25) is 5.02 Å². The summed E-state index contributed by atoms with van der Waals surface area (Å²) in [4.78, 5) is 2.51.